The van der Waals surface area contributed by atoms with Gasteiger partial charge in [-0.1, -0.05) is 43.3 Å². The Hall–Kier alpha value is -2.39. The Kier molecular flexibility index (Phi) is 8.31. The number of nitrogens with one attached hydrogen (secondary N) is 1. The van der Waals surface area contributed by atoms with Crippen molar-refractivity contribution in [3.63, 3.8) is 0 Å². The van der Waals surface area contributed by atoms with Crippen molar-refractivity contribution >= 4 is 23.6 Å². The summed E-state index contributed by atoms with van der Waals surface area (Å²) in [7, 11) is 2.07. The van der Waals surface area contributed by atoms with E-state index in [4.69, 9.17) is 0 Å². The quantitative estimate of drug-likeness (QED) is 0.612. The number of nitrogens with zero attached hydrogens (tertiary/aromatic N) is 5. The molecule has 1 aliphatic rings. The number of hydrogen-bond donors (Lipinski definition) is 1. The van der Waals surface area contributed by atoms with Crippen LogP contribution in [0.2, 0.25) is 0 Å². The van der Waals surface area contributed by atoms with E-state index in [1.165, 1.54) is 11.8 Å². The molecule has 3 rings (SSSR count). The summed E-state index contributed by atoms with van der Waals surface area (Å²) in [6, 6.07) is 7.24. The fraction of sp³-hybridized carbons (Fsp3) is 0.565. The number of aryl methyl sites for hydroxylation is 1. The first-order valence-electron chi connectivity index (χ1n) is 11.2. The lowest BCUT2D eigenvalue weighted by Gasteiger charge is -2.32. The molecule has 1 fully saturated rings. The van der Waals surface area contributed by atoms with Gasteiger partial charge in [0.15, 0.2) is 11.0 Å². The van der Waals surface area contributed by atoms with E-state index in [0.29, 0.717) is 23.0 Å². The molecular weight excluding hydrogens is 424 g/mol. The fourth-order valence-electron chi connectivity index (χ4n) is 3.67. The number of carbonyl (C=O) groups excluding carboxylic acids is 2. The molecule has 1 aromatic heterocycles. The van der Waals surface area contributed by atoms with Crippen molar-refractivity contribution < 1.29 is 9.59 Å². The summed E-state index contributed by atoms with van der Waals surface area (Å²) in [4.78, 5) is 29.6. The number of rotatable bonds is 8. The predicted molar refractivity (Wildman–Crippen MR) is 127 cm³/mol. The summed E-state index contributed by atoms with van der Waals surface area (Å²) in [5, 5.41) is 12.6. The lowest BCUT2D eigenvalue weighted by Crippen LogP contribution is -2.47. The molecule has 1 N–H and O–H groups in total. The van der Waals surface area contributed by atoms with Gasteiger partial charge in [0, 0.05) is 38.3 Å². The Balaban J connectivity index is 1.70. The number of hydrogen-bond acceptors (Lipinski definition) is 6. The topological polar surface area (TPSA) is 83.4 Å². The Morgan fingerprint density at radius 3 is 2.34 bits per heavy atom. The molecule has 1 atom stereocenters. The van der Waals surface area contributed by atoms with E-state index in [1.807, 2.05) is 47.6 Å². The average molecular weight is 459 g/mol. The van der Waals surface area contributed by atoms with Gasteiger partial charge < -0.3 is 19.7 Å². The first kappa shape index (κ1) is 24.3. The van der Waals surface area contributed by atoms with Crippen LogP contribution in [-0.2, 0) is 11.3 Å². The Morgan fingerprint density at radius 1 is 1.09 bits per heavy atom. The van der Waals surface area contributed by atoms with Crippen LogP contribution < -0.4 is 5.32 Å². The zero-order valence-electron chi connectivity index (χ0n) is 19.7. The zero-order valence-corrected chi connectivity index (χ0v) is 20.5. The van der Waals surface area contributed by atoms with Crippen molar-refractivity contribution in [3.05, 3.63) is 41.2 Å². The molecule has 0 spiro atoms. The minimum Gasteiger partial charge on any atom is -0.342 e. The number of amides is 2. The van der Waals surface area contributed by atoms with Crippen LogP contribution >= 0.6 is 11.8 Å². The Morgan fingerprint density at radius 2 is 1.75 bits per heavy atom. The highest BCUT2D eigenvalue weighted by Crippen LogP contribution is 2.26. The minimum atomic E-state index is -0.279. The van der Waals surface area contributed by atoms with Gasteiger partial charge in [-0.25, -0.2) is 0 Å². The number of carbonyl (C=O) groups is 2. The molecule has 1 aliphatic heterocycles. The molecular formula is C23H34N6O2S. The van der Waals surface area contributed by atoms with Crippen molar-refractivity contribution in [1.29, 1.82) is 0 Å². The second kappa shape index (κ2) is 11.0. The van der Waals surface area contributed by atoms with E-state index >= 15 is 0 Å². The molecule has 32 heavy (non-hydrogen) atoms. The maximum atomic E-state index is 12.8. The van der Waals surface area contributed by atoms with Crippen LogP contribution in [0.3, 0.4) is 0 Å². The number of thioether (sulfide) groups is 1. The summed E-state index contributed by atoms with van der Waals surface area (Å²) >= 11 is 1.41. The van der Waals surface area contributed by atoms with Gasteiger partial charge in [0.2, 0.25) is 5.91 Å². The Labute approximate surface area is 194 Å². The van der Waals surface area contributed by atoms with Crippen molar-refractivity contribution in [2.75, 3.05) is 39.0 Å². The van der Waals surface area contributed by atoms with Crippen LogP contribution in [-0.4, -0.2) is 75.4 Å². The van der Waals surface area contributed by atoms with Crippen LogP contribution in [0.15, 0.2) is 29.4 Å². The molecule has 0 aliphatic carbocycles. The smallest absolute Gasteiger partial charge is 0.251 e. The standard InChI is InChI=1S/C23H34N6O2S/c1-6-29-21(20(16(2)3)24-22(31)18-9-7-17(4)8-10-18)25-26-23(29)32-15-19(30)28-13-11-27(5)12-14-28/h7-10,16,20H,6,11-15H2,1-5H3,(H,24,31)/t20-/m1/s1. The molecule has 0 bridgehead atoms. The third kappa shape index (κ3) is 5.89. The third-order valence-electron chi connectivity index (χ3n) is 5.79. The summed E-state index contributed by atoms with van der Waals surface area (Å²) in [5.74, 6) is 1.18. The van der Waals surface area contributed by atoms with Crippen LogP contribution in [0.4, 0.5) is 0 Å². The van der Waals surface area contributed by atoms with Crippen LogP contribution in [0.5, 0.6) is 0 Å². The maximum Gasteiger partial charge on any atom is 0.251 e. The highest BCUT2D eigenvalue weighted by molar-refractivity contribution is 7.99. The van der Waals surface area contributed by atoms with Crippen molar-refractivity contribution in [1.82, 2.24) is 29.9 Å². The number of aromatic nitrogens is 3. The second-order valence-corrected chi connectivity index (χ2v) is 9.56. The third-order valence-corrected chi connectivity index (χ3v) is 6.74. The zero-order chi connectivity index (χ0) is 23.3. The van der Waals surface area contributed by atoms with Gasteiger partial charge in [0.25, 0.3) is 5.91 Å². The van der Waals surface area contributed by atoms with Crippen molar-refractivity contribution in [3.8, 4) is 0 Å². The maximum absolute atomic E-state index is 12.8. The van der Waals surface area contributed by atoms with Gasteiger partial charge in [-0.05, 0) is 38.9 Å². The highest BCUT2D eigenvalue weighted by Gasteiger charge is 2.27. The number of piperazine rings is 1. The van der Waals surface area contributed by atoms with E-state index in [1.54, 1.807) is 0 Å². The lowest BCUT2D eigenvalue weighted by atomic mass is 10.0. The van der Waals surface area contributed by atoms with Crippen LogP contribution in [0.1, 0.15) is 48.6 Å². The van der Waals surface area contributed by atoms with Gasteiger partial charge in [0.05, 0.1) is 11.8 Å². The first-order valence-corrected chi connectivity index (χ1v) is 12.2. The van der Waals surface area contributed by atoms with Crippen LogP contribution in [0, 0.1) is 12.8 Å². The van der Waals surface area contributed by atoms with Crippen molar-refractivity contribution in [2.45, 2.75) is 45.4 Å². The molecule has 0 unspecified atom stereocenters. The first-order chi connectivity index (χ1) is 15.3. The lowest BCUT2D eigenvalue weighted by molar-refractivity contribution is -0.129. The molecule has 0 saturated carbocycles. The molecule has 174 valence electrons. The summed E-state index contributed by atoms with van der Waals surface area (Å²) in [5.41, 5.74) is 1.73. The van der Waals surface area contributed by atoms with Crippen LogP contribution in [0.25, 0.3) is 0 Å². The number of benzene rings is 1. The molecule has 9 heteroatoms. The van der Waals surface area contributed by atoms with E-state index in [-0.39, 0.29) is 23.8 Å². The largest absolute Gasteiger partial charge is 0.342 e. The summed E-state index contributed by atoms with van der Waals surface area (Å²) in [6.45, 7) is 12.1. The average Bonchev–Trinajstić information content (AvgIpc) is 3.18. The van der Waals surface area contributed by atoms with E-state index < -0.39 is 0 Å². The van der Waals surface area contributed by atoms with Gasteiger partial charge in [0.1, 0.15) is 0 Å². The number of likely N-dealkylation sites (N-methyl/N-ethyl adjacent to an activating group) is 1. The van der Waals surface area contributed by atoms with E-state index in [2.05, 4.69) is 41.3 Å². The fourth-order valence-corrected chi connectivity index (χ4v) is 4.58. The predicted octanol–water partition coefficient (Wildman–Crippen LogP) is 2.60. The summed E-state index contributed by atoms with van der Waals surface area (Å²) in [6.07, 6.45) is 0. The van der Waals surface area contributed by atoms with Gasteiger partial charge in [-0.15, -0.1) is 10.2 Å². The van der Waals surface area contributed by atoms with Gasteiger partial charge >= 0.3 is 0 Å². The van der Waals surface area contributed by atoms with E-state index in [9.17, 15) is 9.59 Å². The molecule has 2 amide bonds. The molecule has 2 aromatic rings. The monoisotopic (exact) mass is 458 g/mol. The SMILES string of the molecule is CCn1c(SCC(=O)N2CCN(C)CC2)nnc1[C@H](NC(=O)c1ccc(C)cc1)C(C)C. The molecule has 8 nitrogen and oxygen atoms in total. The van der Waals surface area contributed by atoms with E-state index in [0.717, 1.165) is 37.6 Å². The second-order valence-electron chi connectivity index (χ2n) is 8.62. The van der Waals surface area contributed by atoms with Gasteiger partial charge in [-0.3, -0.25) is 9.59 Å². The molecule has 2 heterocycles. The summed E-state index contributed by atoms with van der Waals surface area (Å²) < 4.78 is 2.00. The highest BCUT2D eigenvalue weighted by atomic mass is 32.2. The Bertz CT molecular complexity index is 919. The molecule has 1 aromatic carbocycles. The minimum absolute atomic E-state index is 0.128. The normalized spacial score (nSPS) is 15.8. The van der Waals surface area contributed by atoms with Crippen molar-refractivity contribution in [2.24, 2.45) is 5.92 Å². The van der Waals surface area contributed by atoms with Gasteiger partial charge in [-0.2, -0.15) is 0 Å². The molecule has 1 saturated heterocycles. The molecule has 0 radical (unpaired) electrons.